The Kier molecular flexibility index (Phi) is 5.71. The smallest absolute Gasteiger partial charge is 0.252 e. The molecule has 5 nitrogen and oxygen atoms in total. The van der Waals surface area contributed by atoms with Gasteiger partial charge in [-0.25, -0.2) is 0 Å². The second kappa shape index (κ2) is 8.16. The molecule has 1 atom stereocenters. The zero-order chi connectivity index (χ0) is 17.6. The Balaban J connectivity index is 1.50. The van der Waals surface area contributed by atoms with Crippen molar-refractivity contribution in [3.05, 3.63) is 52.2 Å². The average Bonchev–Trinajstić information content (AvgIpc) is 3.32. The van der Waals surface area contributed by atoms with E-state index in [1.165, 1.54) is 11.3 Å². The van der Waals surface area contributed by atoms with Crippen molar-refractivity contribution in [2.24, 2.45) is 5.92 Å². The molecule has 1 fully saturated rings. The normalized spacial score (nSPS) is 14.6. The number of methoxy groups -OCH3 is 1. The fourth-order valence-corrected chi connectivity index (χ4v) is 3.38. The van der Waals surface area contributed by atoms with Crippen molar-refractivity contribution in [1.82, 2.24) is 10.6 Å². The summed E-state index contributed by atoms with van der Waals surface area (Å²) in [5.74, 6) is 1.12. The quantitative estimate of drug-likeness (QED) is 0.762. The lowest BCUT2D eigenvalue weighted by molar-refractivity contribution is -0.121. The van der Waals surface area contributed by atoms with Gasteiger partial charge in [0.2, 0.25) is 5.91 Å². The van der Waals surface area contributed by atoms with Gasteiger partial charge >= 0.3 is 0 Å². The van der Waals surface area contributed by atoms with E-state index in [9.17, 15) is 9.59 Å². The Hall–Kier alpha value is -2.34. The third-order valence-corrected chi connectivity index (χ3v) is 4.99. The van der Waals surface area contributed by atoms with Gasteiger partial charge in [0.25, 0.3) is 5.91 Å². The standard InChI is InChI=1S/C19H22N2O3S/c1-24-16-6-4-14(5-7-16)18(13-2-3-13)21-17(22)8-10-20-19(23)15-9-11-25-12-15/h4-7,9,11-13,18H,2-3,8,10H2,1H3,(H,20,23)(H,21,22). The maximum absolute atomic E-state index is 12.3. The van der Waals surface area contributed by atoms with Crippen molar-refractivity contribution < 1.29 is 14.3 Å². The zero-order valence-corrected chi connectivity index (χ0v) is 15.0. The van der Waals surface area contributed by atoms with Crippen LogP contribution in [0.25, 0.3) is 0 Å². The molecule has 25 heavy (non-hydrogen) atoms. The number of amides is 2. The Morgan fingerprint density at radius 1 is 1.24 bits per heavy atom. The molecular formula is C19H22N2O3S. The predicted octanol–water partition coefficient (Wildman–Crippen LogP) is 3.14. The topological polar surface area (TPSA) is 67.4 Å². The number of benzene rings is 1. The molecule has 6 heteroatoms. The summed E-state index contributed by atoms with van der Waals surface area (Å²) in [6.07, 6.45) is 2.53. The van der Waals surface area contributed by atoms with Gasteiger partial charge in [-0.05, 0) is 47.9 Å². The molecule has 132 valence electrons. The number of hydrogen-bond acceptors (Lipinski definition) is 4. The molecule has 1 saturated carbocycles. The SMILES string of the molecule is COc1ccc(C(NC(=O)CCNC(=O)c2ccsc2)C2CC2)cc1. The predicted molar refractivity (Wildman–Crippen MR) is 97.9 cm³/mol. The fraction of sp³-hybridized carbons (Fsp3) is 0.368. The Labute approximate surface area is 151 Å². The van der Waals surface area contributed by atoms with Crippen molar-refractivity contribution in [2.75, 3.05) is 13.7 Å². The van der Waals surface area contributed by atoms with Gasteiger partial charge in [0.1, 0.15) is 5.75 Å². The number of nitrogens with one attached hydrogen (secondary N) is 2. The van der Waals surface area contributed by atoms with E-state index in [-0.39, 0.29) is 24.3 Å². The van der Waals surface area contributed by atoms with Crippen molar-refractivity contribution in [1.29, 1.82) is 0 Å². The monoisotopic (exact) mass is 358 g/mol. The van der Waals surface area contributed by atoms with E-state index in [1.54, 1.807) is 18.6 Å². The van der Waals surface area contributed by atoms with Gasteiger partial charge in [-0.3, -0.25) is 9.59 Å². The molecule has 0 spiro atoms. The van der Waals surface area contributed by atoms with Gasteiger partial charge in [0.05, 0.1) is 13.2 Å². The third-order valence-electron chi connectivity index (χ3n) is 4.31. The first kappa shape index (κ1) is 17.5. The van der Waals surface area contributed by atoms with E-state index < -0.39 is 0 Å². The molecule has 1 aromatic heterocycles. The minimum absolute atomic E-state index is 0.0333. The Bertz CT molecular complexity index is 709. The van der Waals surface area contributed by atoms with Crippen LogP contribution in [0.1, 0.15) is 41.2 Å². The average molecular weight is 358 g/mol. The van der Waals surface area contributed by atoms with E-state index in [0.717, 1.165) is 24.2 Å². The molecule has 1 aliphatic carbocycles. The zero-order valence-electron chi connectivity index (χ0n) is 14.2. The number of ether oxygens (including phenoxy) is 1. The Morgan fingerprint density at radius 2 is 2.00 bits per heavy atom. The maximum Gasteiger partial charge on any atom is 0.252 e. The molecule has 0 bridgehead atoms. The second-order valence-electron chi connectivity index (χ2n) is 6.17. The largest absolute Gasteiger partial charge is 0.497 e. The van der Waals surface area contributed by atoms with E-state index >= 15 is 0 Å². The van der Waals surface area contributed by atoms with Crippen molar-refractivity contribution in [3.8, 4) is 5.75 Å². The summed E-state index contributed by atoms with van der Waals surface area (Å²) in [7, 11) is 1.64. The molecule has 0 saturated heterocycles. The van der Waals surface area contributed by atoms with E-state index in [1.807, 2.05) is 29.6 Å². The van der Waals surface area contributed by atoms with Crippen LogP contribution in [-0.2, 0) is 4.79 Å². The summed E-state index contributed by atoms with van der Waals surface area (Å²) in [5.41, 5.74) is 1.73. The number of rotatable bonds is 8. The number of carbonyl (C=O) groups is 2. The summed E-state index contributed by atoms with van der Waals surface area (Å²) in [4.78, 5) is 24.1. The first-order valence-corrected chi connectivity index (χ1v) is 9.35. The van der Waals surface area contributed by atoms with Crippen molar-refractivity contribution in [2.45, 2.75) is 25.3 Å². The fourth-order valence-electron chi connectivity index (χ4n) is 2.75. The lowest BCUT2D eigenvalue weighted by Gasteiger charge is -2.19. The van der Waals surface area contributed by atoms with Crippen LogP contribution in [0.2, 0.25) is 0 Å². The highest BCUT2D eigenvalue weighted by molar-refractivity contribution is 7.08. The van der Waals surface area contributed by atoms with Crippen LogP contribution < -0.4 is 15.4 Å². The Morgan fingerprint density at radius 3 is 2.60 bits per heavy atom. The third kappa shape index (κ3) is 4.82. The van der Waals surface area contributed by atoms with Gasteiger partial charge in [-0.15, -0.1) is 0 Å². The first-order valence-electron chi connectivity index (χ1n) is 8.41. The van der Waals surface area contributed by atoms with Gasteiger partial charge in [-0.1, -0.05) is 12.1 Å². The van der Waals surface area contributed by atoms with E-state index in [4.69, 9.17) is 4.74 Å². The highest BCUT2D eigenvalue weighted by Gasteiger charge is 2.33. The lowest BCUT2D eigenvalue weighted by Crippen LogP contribution is -2.33. The van der Waals surface area contributed by atoms with Crippen LogP contribution in [0.3, 0.4) is 0 Å². The summed E-state index contributed by atoms with van der Waals surface area (Å²) in [5, 5.41) is 9.54. The van der Waals surface area contributed by atoms with Crippen LogP contribution >= 0.6 is 11.3 Å². The van der Waals surface area contributed by atoms with Crippen LogP contribution in [0, 0.1) is 5.92 Å². The van der Waals surface area contributed by atoms with Crippen LogP contribution in [0.15, 0.2) is 41.1 Å². The molecule has 3 rings (SSSR count). The molecule has 1 aromatic carbocycles. The van der Waals surface area contributed by atoms with E-state index in [0.29, 0.717) is 18.0 Å². The number of thiophene rings is 1. The number of carbonyl (C=O) groups excluding carboxylic acids is 2. The van der Waals surface area contributed by atoms with Gasteiger partial charge in [0, 0.05) is 23.9 Å². The van der Waals surface area contributed by atoms with Crippen LogP contribution in [0.5, 0.6) is 5.75 Å². The van der Waals surface area contributed by atoms with Crippen molar-refractivity contribution >= 4 is 23.2 Å². The summed E-state index contributed by atoms with van der Waals surface area (Å²) >= 11 is 1.48. The van der Waals surface area contributed by atoms with Gasteiger partial charge in [-0.2, -0.15) is 11.3 Å². The second-order valence-corrected chi connectivity index (χ2v) is 6.95. The van der Waals surface area contributed by atoms with Crippen molar-refractivity contribution in [3.63, 3.8) is 0 Å². The number of hydrogen-bond donors (Lipinski definition) is 2. The van der Waals surface area contributed by atoms with Gasteiger partial charge < -0.3 is 15.4 Å². The van der Waals surface area contributed by atoms with Crippen LogP contribution in [0.4, 0.5) is 0 Å². The molecule has 2 amide bonds. The highest BCUT2D eigenvalue weighted by Crippen LogP contribution is 2.41. The molecule has 1 unspecified atom stereocenters. The van der Waals surface area contributed by atoms with Gasteiger partial charge in [0.15, 0.2) is 0 Å². The summed E-state index contributed by atoms with van der Waals surface area (Å²) in [6.45, 7) is 0.334. The molecule has 0 aliphatic heterocycles. The minimum Gasteiger partial charge on any atom is -0.497 e. The van der Waals surface area contributed by atoms with Crippen LogP contribution in [-0.4, -0.2) is 25.5 Å². The first-order chi connectivity index (χ1) is 12.2. The summed E-state index contributed by atoms with van der Waals surface area (Å²) < 4.78 is 5.19. The molecule has 1 heterocycles. The molecule has 0 radical (unpaired) electrons. The summed E-state index contributed by atoms with van der Waals surface area (Å²) in [6, 6.07) is 9.63. The highest BCUT2D eigenvalue weighted by atomic mass is 32.1. The maximum atomic E-state index is 12.3. The lowest BCUT2D eigenvalue weighted by atomic mass is 10.0. The molecule has 2 N–H and O–H groups in total. The molecule has 2 aromatic rings. The molecule has 1 aliphatic rings. The minimum atomic E-state index is -0.136. The molecular weight excluding hydrogens is 336 g/mol. The van der Waals surface area contributed by atoms with E-state index in [2.05, 4.69) is 10.6 Å².